The summed E-state index contributed by atoms with van der Waals surface area (Å²) in [6, 6.07) is 5.24. The summed E-state index contributed by atoms with van der Waals surface area (Å²) in [5.74, 6) is -2.44. The monoisotopic (exact) mass is 545 g/mol. The van der Waals surface area contributed by atoms with Crippen molar-refractivity contribution >= 4 is 12.4 Å². The van der Waals surface area contributed by atoms with Crippen molar-refractivity contribution in [2.24, 2.45) is 15.4 Å². The molecule has 204 valence electrons. The van der Waals surface area contributed by atoms with Gasteiger partial charge >= 0.3 is 6.18 Å². The zero-order valence-corrected chi connectivity index (χ0v) is 21.2. The number of aliphatic hydroxyl groups excluding tert-OH is 1. The molecule has 0 radical (unpaired) electrons. The van der Waals surface area contributed by atoms with Gasteiger partial charge in [-0.15, -0.1) is 5.10 Å². The summed E-state index contributed by atoms with van der Waals surface area (Å²) in [4.78, 5) is 12.4. The van der Waals surface area contributed by atoms with Crippen LogP contribution < -0.4 is 0 Å². The van der Waals surface area contributed by atoms with Gasteiger partial charge in [-0.1, -0.05) is 19.9 Å². The maximum Gasteiger partial charge on any atom is 0.421 e. The minimum Gasteiger partial charge on any atom is -0.377 e. The van der Waals surface area contributed by atoms with Crippen LogP contribution in [0.4, 0.5) is 22.0 Å². The summed E-state index contributed by atoms with van der Waals surface area (Å²) in [6.07, 6.45) is -4.97. The van der Waals surface area contributed by atoms with Crippen LogP contribution >= 0.6 is 0 Å². The Morgan fingerprint density at radius 1 is 1.23 bits per heavy atom. The molecule has 13 heteroatoms. The third kappa shape index (κ3) is 3.98. The van der Waals surface area contributed by atoms with E-state index in [1.54, 1.807) is 6.07 Å². The Balaban J connectivity index is 1.60. The molecule has 1 aromatic carbocycles. The number of alkyl halides is 3. The van der Waals surface area contributed by atoms with E-state index >= 15 is 0 Å². The highest BCUT2D eigenvalue weighted by Crippen LogP contribution is 2.70. The molecule has 3 atom stereocenters. The Hall–Kier alpha value is -3.87. The van der Waals surface area contributed by atoms with E-state index in [1.807, 2.05) is 13.8 Å². The van der Waals surface area contributed by atoms with Gasteiger partial charge in [0.2, 0.25) is 6.10 Å². The number of allylic oxidation sites excluding steroid dienone is 1. The normalized spacial score (nSPS) is 23.2. The van der Waals surface area contributed by atoms with Crippen molar-refractivity contribution in [2.75, 3.05) is 0 Å². The van der Waals surface area contributed by atoms with Crippen LogP contribution in [0.2, 0.25) is 0 Å². The van der Waals surface area contributed by atoms with Crippen LogP contribution in [0.5, 0.6) is 0 Å². The van der Waals surface area contributed by atoms with Gasteiger partial charge in [0.1, 0.15) is 11.6 Å². The minimum atomic E-state index is -4.92. The Labute approximate surface area is 219 Å². The van der Waals surface area contributed by atoms with Gasteiger partial charge in [0.05, 0.1) is 33.8 Å². The number of nitrogens with zero attached hydrogens (tertiary/aromatic N) is 6. The number of aromatic nitrogens is 5. The lowest BCUT2D eigenvalue weighted by molar-refractivity contribution is -0.209. The first-order chi connectivity index (χ1) is 18.3. The fourth-order valence-corrected chi connectivity index (χ4v) is 6.02. The van der Waals surface area contributed by atoms with Crippen molar-refractivity contribution in [3.63, 3.8) is 0 Å². The number of benzene rings is 1. The third-order valence-corrected chi connectivity index (χ3v) is 7.94. The van der Waals surface area contributed by atoms with Gasteiger partial charge in [0.15, 0.2) is 11.6 Å². The predicted molar refractivity (Wildman–Crippen MR) is 132 cm³/mol. The van der Waals surface area contributed by atoms with Crippen LogP contribution in [0.15, 0.2) is 46.1 Å². The molecule has 0 aliphatic heterocycles. The van der Waals surface area contributed by atoms with Gasteiger partial charge in [-0.2, -0.15) is 23.4 Å². The summed E-state index contributed by atoms with van der Waals surface area (Å²) < 4.78 is 67.8. The molecule has 0 amide bonds. The fourth-order valence-electron chi connectivity index (χ4n) is 6.02. The highest BCUT2D eigenvalue weighted by molar-refractivity contribution is 5.96. The topological polar surface area (TPSA) is 112 Å². The summed E-state index contributed by atoms with van der Waals surface area (Å²) in [7, 11) is 0. The van der Waals surface area contributed by atoms with E-state index < -0.39 is 40.6 Å². The second kappa shape index (κ2) is 9.11. The van der Waals surface area contributed by atoms with E-state index in [0.717, 1.165) is 24.1 Å². The number of aliphatic hydroxyl groups is 1. The highest BCUT2D eigenvalue weighted by atomic mass is 19.4. The van der Waals surface area contributed by atoms with Crippen LogP contribution in [-0.4, -0.2) is 49.1 Å². The highest BCUT2D eigenvalue weighted by Gasteiger charge is 2.65. The van der Waals surface area contributed by atoms with Crippen molar-refractivity contribution in [3.05, 3.63) is 70.7 Å². The number of halogens is 5. The summed E-state index contributed by atoms with van der Waals surface area (Å²) >= 11 is 0. The fraction of sp³-hybridized carbons (Fsp3) is 0.385. The second-order valence-corrected chi connectivity index (χ2v) is 10.2. The molecule has 1 fully saturated rings. The largest absolute Gasteiger partial charge is 0.421 e. The van der Waals surface area contributed by atoms with E-state index in [0.29, 0.717) is 17.8 Å². The summed E-state index contributed by atoms with van der Waals surface area (Å²) in [5, 5.41) is 24.0. The standard InChI is InChI=1S/C26H24F5N7O/c1-12(22-34-23(38-37-22)21(39)26(29,30)31)33-18(11-32-4)25-9-8-14(24(25,2)3)13-10-17(35-36-20(13)25)19-15(27)6-5-7-16(19)28/h5-7,10-11,14,21,39H,4,8-9H2,1-3H3,(H,34,37,38)/b18-11-,33-12?/t14-,21+,25-/m0/s1. The first-order valence-corrected chi connectivity index (χ1v) is 12.0. The van der Waals surface area contributed by atoms with Crippen LogP contribution in [0.3, 0.4) is 0 Å². The number of hydrogen-bond acceptors (Lipinski definition) is 7. The molecule has 2 heterocycles. The van der Waals surface area contributed by atoms with E-state index in [9.17, 15) is 27.1 Å². The maximum absolute atomic E-state index is 14.5. The zero-order valence-electron chi connectivity index (χ0n) is 21.2. The van der Waals surface area contributed by atoms with Gasteiger partial charge in [0, 0.05) is 6.20 Å². The van der Waals surface area contributed by atoms with E-state index in [-0.39, 0.29) is 28.7 Å². The average Bonchev–Trinajstić information content (AvgIpc) is 3.51. The molecule has 2 bridgehead atoms. The van der Waals surface area contributed by atoms with Crippen molar-refractivity contribution in [2.45, 2.75) is 57.2 Å². The second-order valence-electron chi connectivity index (χ2n) is 10.2. The van der Waals surface area contributed by atoms with Gasteiger partial charge < -0.3 is 5.11 Å². The van der Waals surface area contributed by atoms with Gasteiger partial charge in [-0.25, -0.2) is 13.8 Å². The molecule has 2 aromatic heterocycles. The molecule has 3 aromatic rings. The number of aromatic amines is 1. The Kier molecular flexibility index (Phi) is 6.24. The van der Waals surface area contributed by atoms with E-state index in [1.165, 1.54) is 19.2 Å². The number of fused-ring (bicyclic) bond motifs is 5. The van der Waals surface area contributed by atoms with E-state index in [2.05, 4.69) is 42.1 Å². The van der Waals surface area contributed by atoms with E-state index in [4.69, 9.17) is 0 Å². The van der Waals surface area contributed by atoms with Crippen molar-refractivity contribution in [1.82, 2.24) is 25.4 Å². The van der Waals surface area contributed by atoms with Crippen molar-refractivity contribution < 1.29 is 27.1 Å². The van der Waals surface area contributed by atoms with Crippen LogP contribution in [0.25, 0.3) is 11.3 Å². The molecule has 5 rings (SSSR count). The smallest absolute Gasteiger partial charge is 0.377 e. The Morgan fingerprint density at radius 3 is 2.56 bits per heavy atom. The molecular formula is C26H24F5N7O. The molecule has 2 aliphatic rings. The molecule has 0 saturated heterocycles. The lowest BCUT2D eigenvalue weighted by atomic mass is 9.66. The first kappa shape index (κ1) is 26.7. The van der Waals surface area contributed by atoms with Gasteiger partial charge in [-0.05, 0) is 61.6 Å². The van der Waals surface area contributed by atoms with Crippen LogP contribution in [0, 0.1) is 17.0 Å². The first-order valence-electron chi connectivity index (χ1n) is 12.0. The molecule has 2 N–H and O–H groups in total. The van der Waals surface area contributed by atoms with Gasteiger partial charge in [0.25, 0.3) is 0 Å². The molecule has 0 unspecified atom stereocenters. The number of rotatable bonds is 6. The van der Waals surface area contributed by atoms with Crippen LogP contribution in [0.1, 0.15) is 68.5 Å². The minimum absolute atomic E-state index is 0.0441. The van der Waals surface area contributed by atoms with Gasteiger partial charge in [-0.3, -0.25) is 15.1 Å². The number of hydrogen-bond donors (Lipinski definition) is 2. The molecule has 2 aliphatic carbocycles. The molecule has 1 saturated carbocycles. The Bertz CT molecular complexity index is 1510. The van der Waals surface area contributed by atoms with Crippen molar-refractivity contribution in [1.29, 1.82) is 0 Å². The van der Waals surface area contributed by atoms with Crippen molar-refractivity contribution in [3.8, 4) is 11.3 Å². The number of aliphatic imine (C=N–C) groups is 2. The molecule has 39 heavy (non-hydrogen) atoms. The zero-order chi connectivity index (χ0) is 28.3. The Morgan fingerprint density at radius 2 is 1.92 bits per heavy atom. The number of H-pyrrole nitrogens is 1. The molecule has 0 spiro atoms. The summed E-state index contributed by atoms with van der Waals surface area (Å²) in [6.45, 7) is 9.13. The van der Waals surface area contributed by atoms with Crippen LogP contribution in [-0.2, 0) is 5.41 Å². The molecule has 8 nitrogen and oxygen atoms in total. The summed E-state index contributed by atoms with van der Waals surface area (Å²) in [5.41, 5.74) is 0.443. The molecular weight excluding hydrogens is 521 g/mol. The predicted octanol–water partition coefficient (Wildman–Crippen LogP) is 5.34. The SMILES string of the molecule is C=N/C=C(\N=C(C)c1n[nH]c([C@@H](O)C(F)(F)F)n1)[C@@]12CC[C@@H](c3cc(-c4c(F)cccc4F)nnc31)C2(C)C. The lowest BCUT2D eigenvalue weighted by Gasteiger charge is -2.38. The lowest BCUT2D eigenvalue weighted by Crippen LogP contribution is -2.37. The third-order valence-electron chi connectivity index (χ3n) is 7.94. The number of nitrogens with one attached hydrogen (secondary N) is 1. The quantitative estimate of drug-likeness (QED) is 0.321. The average molecular weight is 546 g/mol. The maximum atomic E-state index is 14.5.